The van der Waals surface area contributed by atoms with Gasteiger partial charge in [-0.15, -0.1) is 0 Å². The molecular formula is C13H30O4. The van der Waals surface area contributed by atoms with Crippen LogP contribution in [0.25, 0.3) is 0 Å². The monoisotopic (exact) mass is 250 g/mol. The molecule has 0 bridgehead atoms. The zero-order valence-electron chi connectivity index (χ0n) is 12.1. The molecule has 17 heavy (non-hydrogen) atoms. The minimum absolute atomic E-state index is 0.0119. The van der Waals surface area contributed by atoms with Crippen molar-refractivity contribution in [1.82, 2.24) is 0 Å². The quantitative estimate of drug-likeness (QED) is 0.681. The lowest BCUT2D eigenvalue weighted by molar-refractivity contribution is -0.0538. The smallest absolute Gasteiger partial charge is 0.0563 e. The Morgan fingerprint density at radius 2 is 1.00 bits per heavy atom. The Morgan fingerprint density at radius 3 is 1.18 bits per heavy atom. The Kier molecular flexibility index (Phi) is 15.7. The van der Waals surface area contributed by atoms with E-state index in [4.69, 9.17) is 19.3 Å². The largest absolute Gasteiger partial charge is 0.397 e. The number of aliphatic hydroxyl groups is 1. The summed E-state index contributed by atoms with van der Waals surface area (Å²) in [5, 5.41) is 7.57. The first-order valence-corrected chi connectivity index (χ1v) is 6.44. The molecule has 106 valence electrons. The Bertz CT molecular complexity index is 118. The molecule has 4 heteroatoms. The number of hydrogen-bond donors (Lipinski definition) is 1. The first-order chi connectivity index (χ1) is 8.10. The van der Waals surface area contributed by atoms with Crippen molar-refractivity contribution >= 4 is 0 Å². The second kappa shape index (κ2) is 13.9. The molecule has 0 amide bonds. The van der Waals surface area contributed by atoms with Gasteiger partial charge >= 0.3 is 0 Å². The van der Waals surface area contributed by atoms with Crippen molar-refractivity contribution in [3.63, 3.8) is 0 Å². The molecule has 0 aromatic heterocycles. The molecule has 0 aromatic rings. The van der Waals surface area contributed by atoms with Gasteiger partial charge in [0.05, 0.1) is 19.8 Å². The van der Waals surface area contributed by atoms with Crippen LogP contribution in [0.5, 0.6) is 0 Å². The molecule has 0 fully saturated rings. The Morgan fingerprint density at radius 1 is 0.765 bits per heavy atom. The molecule has 0 aliphatic heterocycles. The van der Waals surface area contributed by atoms with Crippen LogP contribution in [0.15, 0.2) is 0 Å². The maximum absolute atomic E-state index is 7.57. The van der Waals surface area contributed by atoms with Crippen molar-refractivity contribution in [3.8, 4) is 0 Å². The summed E-state index contributed by atoms with van der Waals surface area (Å²) in [6.45, 7) is 14.4. The first-order valence-electron chi connectivity index (χ1n) is 6.44. The van der Waals surface area contributed by atoms with Crippen molar-refractivity contribution < 1.29 is 19.3 Å². The summed E-state index contributed by atoms with van der Waals surface area (Å²) >= 11 is 0. The maximum atomic E-state index is 7.57. The standard InChI is InChI=1S/C11H24O3.C2H6O/c1-5-12-8-11(4,9-13-6-2)10-14-7-3;1-2-3/h5-10H2,1-4H3;3H,2H2,1H3. The van der Waals surface area contributed by atoms with Crippen molar-refractivity contribution in [2.75, 3.05) is 46.2 Å². The first kappa shape index (κ1) is 19.2. The molecule has 4 nitrogen and oxygen atoms in total. The predicted octanol–water partition coefficient (Wildman–Crippen LogP) is 2.10. The highest BCUT2D eigenvalue weighted by Gasteiger charge is 2.25. The lowest BCUT2D eigenvalue weighted by Crippen LogP contribution is -2.34. The minimum Gasteiger partial charge on any atom is -0.397 e. The molecule has 0 spiro atoms. The van der Waals surface area contributed by atoms with E-state index in [1.807, 2.05) is 20.8 Å². The molecule has 0 heterocycles. The SMILES string of the molecule is CCO.CCOCC(C)(COCC)COCC. The average Bonchev–Trinajstić information content (AvgIpc) is 2.33. The molecule has 0 radical (unpaired) electrons. The molecule has 0 saturated heterocycles. The third kappa shape index (κ3) is 13.8. The van der Waals surface area contributed by atoms with E-state index in [1.54, 1.807) is 6.92 Å². The minimum atomic E-state index is -0.0119. The fraction of sp³-hybridized carbons (Fsp3) is 1.00. The summed E-state index contributed by atoms with van der Waals surface area (Å²) in [5.74, 6) is 0. The highest BCUT2D eigenvalue weighted by atomic mass is 16.5. The van der Waals surface area contributed by atoms with Crippen LogP contribution in [0, 0.1) is 5.41 Å². The fourth-order valence-corrected chi connectivity index (χ4v) is 1.17. The van der Waals surface area contributed by atoms with Crippen molar-refractivity contribution in [3.05, 3.63) is 0 Å². The van der Waals surface area contributed by atoms with Crippen LogP contribution in [0.3, 0.4) is 0 Å². The fourth-order valence-electron chi connectivity index (χ4n) is 1.17. The van der Waals surface area contributed by atoms with Gasteiger partial charge in [0.15, 0.2) is 0 Å². The summed E-state index contributed by atoms with van der Waals surface area (Å²) in [4.78, 5) is 0. The summed E-state index contributed by atoms with van der Waals surface area (Å²) < 4.78 is 16.3. The van der Waals surface area contributed by atoms with Crippen LogP contribution in [0.2, 0.25) is 0 Å². The van der Waals surface area contributed by atoms with Crippen LogP contribution in [-0.4, -0.2) is 51.4 Å². The normalized spacial score (nSPS) is 10.9. The van der Waals surface area contributed by atoms with E-state index in [2.05, 4.69) is 6.92 Å². The van der Waals surface area contributed by atoms with Crippen LogP contribution >= 0.6 is 0 Å². The molecule has 0 aromatic carbocycles. The van der Waals surface area contributed by atoms with E-state index >= 15 is 0 Å². The van der Waals surface area contributed by atoms with Gasteiger partial charge in [0.25, 0.3) is 0 Å². The van der Waals surface area contributed by atoms with Crippen molar-refractivity contribution in [2.45, 2.75) is 34.6 Å². The highest BCUT2D eigenvalue weighted by Crippen LogP contribution is 2.18. The van der Waals surface area contributed by atoms with Gasteiger partial charge in [-0.3, -0.25) is 0 Å². The lowest BCUT2D eigenvalue weighted by atomic mass is 9.94. The van der Waals surface area contributed by atoms with Gasteiger partial charge in [0.1, 0.15) is 0 Å². The summed E-state index contributed by atoms with van der Waals surface area (Å²) in [5.41, 5.74) is -0.0119. The molecule has 0 unspecified atom stereocenters. The second-order valence-electron chi connectivity index (χ2n) is 4.04. The van der Waals surface area contributed by atoms with E-state index in [9.17, 15) is 0 Å². The van der Waals surface area contributed by atoms with Gasteiger partial charge in [-0.25, -0.2) is 0 Å². The van der Waals surface area contributed by atoms with Crippen molar-refractivity contribution in [2.24, 2.45) is 5.41 Å². The number of ether oxygens (including phenoxy) is 3. The van der Waals surface area contributed by atoms with Gasteiger partial charge in [0, 0.05) is 31.8 Å². The van der Waals surface area contributed by atoms with Crippen LogP contribution in [0.4, 0.5) is 0 Å². The zero-order chi connectivity index (χ0) is 13.6. The lowest BCUT2D eigenvalue weighted by Gasteiger charge is -2.28. The number of aliphatic hydroxyl groups excluding tert-OH is 1. The van der Waals surface area contributed by atoms with Crippen LogP contribution in [0.1, 0.15) is 34.6 Å². The van der Waals surface area contributed by atoms with E-state index in [0.29, 0.717) is 19.8 Å². The van der Waals surface area contributed by atoms with Gasteiger partial charge in [-0.1, -0.05) is 6.92 Å². The Balaban J connectivity index is 0. The molecule has 0 rings (SSSR count). The predicted molar refractivity (Wildman–Crippen MR) is 70.3 cm³/mol. The summed E-state index contributed by atoms with van der Waals surface area (Å²) in [6, 6.07) is 0. The Labute approximate surface area is 106 Å². The number of rotatable bonds is 9. The zero-order valence-corrected chi connectivity index (χ0v) is 12.1. The van der Waals surface area contributed by atoms with Gasteiger partial charge in [-0.05, 0) is 27.7 Å². The summed E-state index contributed by atoms with van der Waals surface area (Å²) in [6.07, 6.45) is 0. The topological polar surface area (TPSA) is 47.9 Å². The second-order valence-corrected chi connectivity index (χ2v) is 4.04. The third-order valence-electron chi connectivity index (χ3n) is 1.96. The van der Waals surface area contributed by atoms with Gasteiger partial charge < -0.3 is 19.3 Å². The highest BCUT2D eigenvalue weighted by molar-refractivity contribution is 4.73. The average molecular weight is 250 g/mol. The molecule has 0 aliphatic rings. The van der Waals surface area contributed by atoms with Gasteiger partial charge in [-0.2, -0.15) is 0 Å². The van der Waals surface area contributed by atoms with Crippen LogP contribution < -0.4 is 0 Å². The van der Waals surface area contributed by atoms with E-state index in [0.717, 1.165) is 19.8 Å². The van der Waals surface area contributed by atoms with E-state index in [-0.39, 0.29) is 12.0 Å². The summed E-state index contributed by atoms with van der Waals surface area (Å²) in [7, 11) is 0. The van der Waals surface area contributed by atoms with Gasteiger partial charge in [0.2, 0.25) is 0 Å². The molecule has 0 saturated carbocycles. The van der Waals surface area contributed by atoms with E-state index < -0.39 is 0 Å². The van der Waals surface area contributed by atoms with Crippen LogP contribution in [-0.2, 0) is 14.2 Å². The number of hydrogen-bond acceptors (Lipinski definition) is 4. The molecule has 1 N–H and O–H groups in total. The third-order valence-corrected chi connectivity index (χ3v) is 1.96. The molecule has 0 aliphatic carbocycles. The molecular weight excluding hydrogens is 220 g/mol. The van der Waals surface area contributed by atoms with E-state index in [1.165, 1.54) is 0 Å². The van der Waals surface area contributed by atoms with Crippen molar-refractivity contribution in [1.29, 1.82) is 0 Å². The maximum Gasteiger partial charge on any atom is 0.0563 e. The Hall–Kier alpha value is -0.160. The molecule has 0 atom stereocenters.